The maximum absolute atomic E-state index is 12.3. The molecular weight excluding hydrogens is 367 g/mol. The van der Waals surface area contributed by atoms with Crippen molar-refractivity contribution in [2.75, 3.05) is 6.54 Å². The first-order valence-corrected chi connectivity index (χ1v) is 9.07. The average molecular weight is 388 g/mol. The van der Waals surface area contributed by atoms with Gasteiger partial charge in [-0.25, -0.2) is 0 Å². The molecule has 130 valence electrons. The molecule has 0 saturated heterocycles. The number of rotatable bonds is 7. The maximum Gasteiger partial charge on any atom is 0.256 e. The molecule has 0 radical (unpaired) electrons. The normalized spacial score (nSPS) is 11.3. The molecule has 0 spiro atoms. The molecule has 0 aliphatic carbocycles. The van der Waals surface area contributed by atoms with Crippen LogP contribution in [0.2, 0.25) is 5.02 Å². The van der Waals surface area contributed by atoms with Crippen LogP contribution < -0.4 is 0 Å². The Morgan fingerprint density at radius 3 is 2.58 bits per heavy atom. The van der Waals surface area contributed by atoms with Crippen LogP contribution in [0.25, 0.3) is 0 Å². The Bertz CT molecular complexity index is 682. The zero-order valence-corrected chi connectivity index (χ0v) is 16.0. The Morgan fingerprint density at radius 1 is 1.21 bits per heavy atom. The number of nitrogens with zero attached hydrogens (tertiary/aromatic N) is 2. The summed E-state index contributed by atoms with van der Waals surface area (Å²) in [7, 11) is 0. The number of hydrogen-bond donors (Lipinski definition) is 0. The van der Waals surface area contributed by atoms with Crippen LogP contribution in [0.5, 0.6) is 0 Å². The lowest BCUT2D eigenvalue weighted by Crippen LogP contribution is -2.37. The minimum Gasteiger partial charge on any atom is -0.345 e. The molecular formula is C18H21Cl3N2O. The van der Waals surface area contributed by atoms with E-state index in [0.29, 0.717) is 30.6 Å². The van der Waals surface area contributed by atoms with E-state index in [1.807, 2.05) is 42.6 Å². The molecule has 0 unspecified atom stereocenters. The Morgan fingerprint density at radius 2 is 1.96 bits per heavy atom. The highest BCUT2D eigenvalue weighted by molar-refractivity contribution is 6.53. The van der Waals surface area contributed by atoms with E-state index in [4.69, 9.17) is 34.8 Å². The number of benzene rings is 1. The van der Waals surface area contributed by atoms with E-state index in [-0.39, 0.29) is 5.91 Å². The number of halogens is 3. The summed E-state index contributed by atoms with van der Waals surface area (Å²) >= 11 is 17.6. The monoisotopic (exact) mass is 386 g/mol. The Balaban J connectivity index is 2.16. The van der Waals surface area contributed by atoms with Crippen molar-refractivity contribution in [2.24, 2.45) is 5.92 Å². The highest BCUT2D eigenvalue weighted by Crippen LogP contribution is 2.17. The van der Waals surface area contributed by atoms with Gasteiger partial charge in [0.15, 0.2) is 4.84 Å². The molecule has 3 nitrogen and oxygen atoms in total. The van der Waals surface area contributed by atoms with Gasteiger partial charge in [0.2, 0.25) is 0 Å². The summed E-state index contributed by atoms with van der Waals surface area (Å²) in [6, 6.07) is 11.7. The Labute approximate surface area is 158 Å². The molecule has 0 fully saturated rings. The van der Waals surface area contributed by atoms with Gasteiger partial charge < -0.3 is 9.47 Å². The molecule has 0 bridgehead atoms. The summed E-state index contributed by atoms with van der Waals surface area (Å²) in [4.78, 5) is 12.9. The predicted octanol–water partition coefficient (Wildman–Crippen LogP) is 4.98. The summed E-state index contributed by atoms with van der Waals surface area (Å²) in [5.74, 6) is 0.0694. The van der Waals surface area contributed by atoms with E-state index in [2.05, 4.69) is 18.4 Å². The lowest BCUT2D eigenvalue weighted by molar-refractivity contribution is -0.130. The van der Waals surface area contributed by atoms with Crippen LogP contribution >= 0.6 is 34.8 Å². The van der Waals surface area contributed by atoms with Crippen LogP contribution in [0.3, 0.4) is 0 Å². The summed E-state index contributed by atoms with van der Waals surface area (Å²) in [5, 5.41) is 0.713. The fourth-order valence-corrected chi connectivity index (χ4v) is 3.07. The van der Waals surface area contributed by atoms with Crippen molar-refractivity contribution in [3.63, 3.8) is 0 Å². The second-order valence-electron chi connectivity index (χ2n) is 6.17. The summed E-state index contributed by atoms with van der Waals surface area (Å²) in [6.45, 7) is 5.89. The first-order valence-electron chi connectivity index (χ1n) is 7.82. The third kappa shape index (κ3) is 5.44. The standard InChI is InChI=1S/C18H21Cl3N2O/c1-13(2)10-23(18(24)17(20)21)12-16-7-4-8-22(16)11-14-5-3-6-15(19)9-14/h3-9,13,17H,10-12H2,1-2H3. The van der Waals surface area contributed by atoms with Gasteiger partial charge in [0.25, 0.3) is 5.91 Å². The van der Waals surface area contributed by atoms with Crippen LogP contribution in [-0.4, -0.2) is 26.8 Å². The second-order valence-corrected chi connectivity index (χ2v) is 7.70. The molecule has 1 amide bonds. The molecule has 0 aliphatic rings. The molecule has 1 aromatic carbocycles. The third-order valence-electron chi connectivity index (χ3n) is 3.60. The van der Waals surface area contributed by atoms with Crippen molar-refractivity contribution >= 4 is 40.7 Å². The molecule has 0 saturated carbocycles. The minimum atomic E-state index is -1.04. The van der Waals surface area contributed by atoms with E-state index < -0.39 is 4.84 Å². The molecule has 0 N–H and O–H groups in total. The Hall–Kier alpha value is -1.16. The number of amides is 1. The van der Waals surface area contributed by atoms with Crippen molar-refractivity contribution in [2.45, 2.75) is 31.8 Å². The smallest absolute Gasteiger partial charge is 0.256 e. The summed E-state index contributed by atoms with van der Waals surface area (Å²) < 4.78 is 2.10. The molecule has 24 heavy (non-hydrogen) atoms. The van der Waals surface area contributed by atoms with E-state index in [0.717, 1.165) is 11.3 Å². The van der Waals surface area contributed by atoms with Crippen LogP contribution in [0.15, 0.2) is 42.6 Å². The average Bonchev–Trinajstić information content (AvgIpc) is 2.92. The molecule has 0 atom stereocenters. The summed E-state index contributed by atoms with van der Waals surface area (Å²) in [5.41, 5.74) is 2.13. The number of carbonyl (C=O) groups excluding carboxylic acids is 1. The van der Waals surface area contributed by atoms with E-state index in [9.17, 15) is 4.79 Å². The zero-order valence-electron chi connectivity index (χ0n) is 13.8. The molecule has 2 aromatic rings. The quantitative estimate of drug-likeness (QED) is 0.615. The third-order valence-corrected chi connectivity index (χ3v) is 4.21. The number of hydrogen-bond acceptors (Lipinski definition) is 1. The highest BCUT2D eigenvalue weighted by atomic mass is 35.5. The highest BCUT2D eigenvalue weighted by Gasteiger charge is 2.22. The molecule has 0 aliphatic heterocycles. The zero-order chi connectivity index (χ0) is 17.7. The van der Waals surface area contributed by atoms with Gasteiger partial charge in [-0.15, -0.1) is 0 Å². The topological polar surface area (TPSA) is 25.2 Å². The van der Waals surface area contributed by atoms with Crippen molar-refractivity contribution in [3.05, 3.63) is 58.9 Å². The van der Waals surface area contributed by atoms with Crippen molar-refractivity contribution < 1.29 is 4.79 Å². The first kappa shape index (κ1) is 19.2. The SMILES string of the molecule is CC(C)CN(Cc1cccn1Cc1cccc(Cl)c1)C(=O)C(Cl)Cl. The second kappa shape index (κ2) is 8.80. The minimum absolute atomic E-state index is 0.262. The van der Waals surface area contributed by atoms with Crippen molar-refractivity contribution in [3.8, 4) is 0 Å². The molecule has 6 heteroatoms. The Kier molecular flexibility index (Phi) is 7.02. The van der Waals surface area contributed by atoms with E-state index in [1.54, 1.807) is 4.90 Å². The van der Waals surface area contributed by atoms with Crippen LogP contribution in [-0.2, 0) is 17.9 Å². The van der Waals surface area contributed by atoms with Crippen LogP contribution in [0, 0.1) is 5.92 Å². The van der Waals surface area contributed by atoms with E-state index >= 15 is 0 Å². The van der Waals surface area contributed by atoms with Gasteiger partial charge in [0.05, 0.1) is 6.54 Å². The number of aromatic nitrogens is 1. The van der Waals surface area contributed by atoms with Gasteiger partial charge in [0.1, 0.15) is 0 Å². The van der Waals surface area contributed by atoms with Crippen LogP contribution in [0.4, 0.5) is 0 Å². The van der Waals surface area contributed by atoms with Crippen molar-refractivity contribution in [1.82, 2.24) is 9.47 Å². The lowest BCUT2D eigenvalue weighted by atomic mass is 10.2. The molecule has 2 rings (SSSR count). The molecule has 1 heterocycles. The number of alkyl halides is 2. The van der Waals surface area contributed by atoms with E-state index in [1.165, 1.54) is 0 Å². The van der Waals surface area contributed by atoms with Crippen molar-refractivity contribution in [1.29, 1.82) is 0 Å². The van der Waals surface area contributed by atoms with Gasteiger partial charge >= 0.3 is 0 Å². The van der Waals surface area contributed by atoms with Gasteiger partial charge in [-0.3, -0.25) is 4.79 Å². The van der Waals surface area contributed by atoms with Crippen LogP contribution in [0.1, 0.15) is 25.1 Å². The summed E-state index contributed by atoms with van der Waals surface area (Å²) in [6.07, 6.45) is 1.99. The number of carbonyl (C=O) groups is 1. The van der Waals surface area contributed by atoms with Gasteiger partial charge in [-0.1, -0.05) is 60.8 Å². The van der Waals surface area contributed by atoms with Gasteiger partial charge in [-0.2, -0.15) is 0 Å². The first-order chi connectivity index (χ1) is 11.4. The molecule has 1 aromatic heterocycles. The van der Waals surface area contributed by atoms with Gasteiger partial charge in [0, 0.05) is 30.0 Å². The maximum atomic E-state index is 12.3. The van der Waals surface area contributed by atoms with Gasteiger partial charge in [-0.05, 0) is 35.7 Å². The largest absolute Gasteiger partial charge is 0.345 e. The fourth-order valence-electron chi connectivity index (χ4n) is 2.59. The predicted molar refractivity (Wildman–Crippen MR) is 101 cm³/mol. The lowest BCUT2D eigenvalue weighted by Gasteiger charge is -2.26. The fraction of sp³-hybridized carbons (Fsp3) is 0.389.